The number of rotatable bonds is 4. The van der Waals surface area contributed by atoms with Crippen LogP contribution in [-0.2, 0) is 24.8 Å². The van der Waals surface area contributed by atoms with E-state index in [0.717, 1.165) is 16.6 Å². The fourth-order valence-corrected chi connectivity index (χ4v) is 3.37. The van der Waals surface area contributed by atoms with Crippen molar-refractivity contribution in [1.82, 2.24) is 9.88 Å². The van der Waals surface area contributed by atoms with E-state index in [1.165, 1.54) is 28.4 Å². The first kappa shape index (κ1) is 16.3. The number of carbonyl (C=O) groups excluding carboxylic acids is 1. The van der Waals surface area contributed by atoms with Gasteiger partial charge in [-0.15, -0.1) is 0 Å². The zero-order valence-corrected chi connectivity index (χ0v) is 14.5. The molecule has 0 aliphatic rings. The number of hydrogen-bond acceptors (Lipinski definition) is 1. The van der Waals surface area contributed by atoms with Crippen LogP contribution in [0.25, 0.3) is 21.8 Å². The Morgan fingerprint density at radius 1 is 0.923 bits per heavy atom. The number of nitrogens with one attached hydrogen (secondary N) is 1. The van der Waals surface area contributed by atoms with Gasteiger partial charge in [-0.05, 0) is 35.4 Å². The Balaban J connectivity index is 1.51. The SMILES string of the molecule is Cn1c2ccccc2c2ccc(CC(=O)NCc3ccc(F)cc3)cc21. The van der Waals surface area contributed by atoms with Gasteiger partial charge in [0.15, 0.2) is 0 Å². The van der Waals surface area contributed by atoms with Crippen LogP contribution in [0.5, 0.6) is 0 Å². The van der Waals surface area contributed by atoms with Crippen LogP contribution in [-0.4, -0.2) is 10.5 Å². The van der Waals surface area contributed by atoms with Crippen LogP contribution in [0.15, 0.2) is 66.7 Å². The summed E-state index contributed by atoms with van der Waals surface area (Å²) in [5.41, 5.74) is 4.15. The third-order valence-corrected chi connectivity index (χ3v) is 4.75. The number of carbonyl (C=O) groups is 1. The molecule has 0 saturated carbocycles. The van der Waals surface area contributed by atoms with E-state index in [1.807, 2.05) is 25.2 Å². The van der Waals surface area contributed by atoms with Crippen LogP contribution in [0.1, 0.15) is 11.1 Å². The van der Waals surface area contributed by atoms with Gasteiger partial charge in [-0.1, -0.05) is 42.5 Å². The van der Waals surface area contributed by atoms with E-state index in [2.05, 4.69) is 34.1 Å². The van der Waals surface area contributed by atoms with Crippen molar-refractivity contribution >= 4 is 27.7 Å². The molecule has 0 fully saturated rings. The van der Waals surface area contributed by atoms with Gasteiger partial charge in [0.25, 0.3) is 0 Å². The Hall–Kier alpha value is -3.14. The number of aryl methyl sites for hydroxylation is 1. The monoisotopic (exact) mass is 346 g/mol. The van der Waals surface area contributed by atoms with Crippen LogP contribution in [0.3, 0.4) is 0 Å². The molecule has 4 aromatic rings. The van der Waals surface area contributed by atoms with Crippen molar-refractivity contribution in [2.45, 2.75) is 13.0 Å². The minimum Gasteiger partial charge on any atom is -0.352 e. The van der Waals surface area contributed by atoms with Gasteiger partial charge in [0.2, 0.25) is 5.91 Å². The molecule has 3 nitrogen and oxygen atoms in total. The second kappa shape index (κ2) is 6.64. The second-order valence-corrected chi connectivity index (χ2v) is 6.51. The first-order valence-corrected chi connectivity index (χ1v) is 8.59. The Labute approximate surface area is 151 Å². The molecule has 0 saturated heterocycles. The van der Waals surface area contributed by atoms with Crippen LogP contribution in [0.4, 0.5) is 4.39 Å². The Morgan fingerprint density at radius 3 is 2.42 bits per heavy atom. The highest BCUT2D eigenvalue weighted by Gasteiger charge is 2.10. The van der Waals surface area contributed by atoms with Crippen molar-refractivity contribution in [2.75, 3.05) is 0 Å². The maximum atomic E-state index is 12.9. The number of halogens is 1. The molecule has 1 heterocycles. The van der Waals surface area contributed by atoms with E-state index in [1.54, 1.807) is 12.1 Å². The maximum absolute atomic E-state index is 12.9. The molecular weight excluding hydrogens is 327 g/mol. The Bertz CT molecular complexity index is 1100. The lowest BCUT2D eigenvalue weighted by Crippen LogP contribution is -2.24. The van der Waals surface area contributed by atoms with Gasteiger partial charge in [0, 0.05) is 35.4 Å². The summed E-state index contributed by atoms with van der Waals surface area (Å²) < 4.78 is 15.1. The maximum Gasteiger partial charge on any atom is 0.224 e. The largest absolute Gasteiger partial charge is 0.352 e. The number of para-hydroxylation sites is 1. The zero-order valence-electron chi connectivity index (χ0n) is 14.5. The molecule has 0 bridgehead atoms. The minimum atomic E-state index is -0.275. The van der Waals surface area contributed by atoms with Gasteiger partial charge in [-0.2, -0.15) is 0 Å². The van der Waals surface area contributed by atoms with Crippen molar-refractivity contribution in [2.24, 2.45) is 7.05 Å². The van der Waals surface area contributed by atoms with Gasteiger partial charge in [-0.25, -0.2) is 4.39 Å². The standard InChI is InChI=1S/C22H19FN2O/c1-25-20-5-3-2-4-18(20)19-11-8-16(12-21(19)25)13-22(26)24-14-15-6-9-17(23)10-7-15/h2-12H,13-14H2,1H3,(H,24,26). The molecule has 26 heavy (non-hydrogen) atoms. The van der Waals surface area contributed by atoms with Gasteiger partial charge in [0.1, 0.15) is 5.82 Å². The van der Waals surface area contributed by atoms with Gasteiger partial charge in [0.05, 0.1) is 6.42 Å². The summed E-state index contributed by atoms with van der Waals surface area (Å²) in [6.45, 7) is 0.398. The number of hydrogen-bond donors (Lipinski definition) is 1. The minimum absolute atomic E-state index is 0.0487. The third kappa shape index (κ3) is 3.06. The average Bonchev–Trinajstić information content (AvgIpc) is 2.94. The predicted octanol–water partition coefficient (Wildman–Crippen LogP) is 4.33. The van der Waals surface area contributed by atoms with Crippen molar-refractivity contribution in [3.05, 3.63) is 83.7 Å². The van der Waals surface area contributed by atoms with E-state index in [0.29, 0.717) is 13.0 Å². The Kier molecular flexibility index (Phi) is 4.17. The molecule has 0 unspecified atom stereocenters. The topological polar surface area (TPSA) is 34.0 Å². The van der Waals surface area contributed by atoms with Gasteiger partial charge in [-0.3, -0.25) is 4.79 Å². The number of amides is 1. The highest BCUT2D eigenvalue weighted by Crippen LogP contribution is 2.28. The summed E-state index contributed by atoms with van der Waals surface area (Å²) in [5.74, 6) is -0.323. The molecule has 0 aliphatic carbocycles. The van der Waals surface area contributed by atoms with E-state index >= 15 is 0 Å². The molecule has 0 atom stereocenters. The quantitative estimate of drug-likeness (QED) is 0.586. The summed E-state index contributed by atoms with van der Waals surface area (Å²) in [7, 11) is 2.04. The number of fused-ring (bicyclic) bond motifs is 3. The Morgan fingerprint density at radius 2 is 1.62 bits per heavy atom. The predicted molar refractivity (Wildman–Crippen MR) is 102 cm³/mol. The number of benzene rings is 3. The van der Waals surface area contributed by atoms with Crippen molar-refractivity contribution < 1.29 is 9.18 Å². The van der Waals surface area contributed by atoms with Crippen molar-refractivity contribution in [1.29, 1.82) is 0 Å². The molecule has 0 spiro atoms. The lowest BCUT2D eigenvalue weighted by molar-refractivity contribution is -0.120. The molecule has 1 N–H and O–H groups in total. The number of nitrogens with zero attached hydrogens (tertiary/aromatic N) is 1. The van der Waals surface area contributed by atoms with Crippen LogP contribution in [0.2, 0.25) is 0 Å². The average molecular weight is 346 g/mol. The van der Waals surface area contributed by atoms with Crippen molar-refractivity contribution in [3.8, 4) is 0 Å². The van der Waals surface area contributed by atoms with Crippen LogP contribution >= 0.6 is 0 Å². The summed E-state index contributed by atoms with van der Waals surface area (Å²) in [5, 5.41) is 5.30. The molecular formula is C22H19FN2O. The summed E-state index contributed by atoms with van der Waals surface area (Å²) in [6, 6.07) is 20.6. The molecule has 0 aliphatic heterocycles. The van der Waals surface area contributed by atoms with Gasteiger partial charge < -0.3 is 9.88 Å². The van der Waals surface area contributed by atoms with E-state index in [9.17, 15) is 9.18 Å². The molecule has 4 rings (SSSR count). The van der Waals surface area contributed by atoms with E-state index in [4.69, 9.17) is 0 Å². The number of aromatic nitrogens is 1. The molecule has 1 aromatic heterocycles. The van der Waals surface area contributed by atoms with Gasteiger partial charge >= 0.3 is 0 Å². The van der Waals surface area contributed by atoms with E-state index in [-0.39, 0.29) is 11.7 Å². The lowest BCUT2D eigenvalue weighted by atomic mass is 10.1. The third-order valence-electron chi connectivity index (χ3n) is 4.75. The smallest absolute Gasteiger partial charge is 0.224 e. The summed E-state index contributed by atoms with van der Waals surface area (Å²) in [6.07, 6.45) is 0.318. The van der Waals surface area contributed by atoms with E-state index < -0.39 is 0 Å². The zero-order chi connectivity index (χ0) is 18.1. The highest BCUT2D eigenvalue weighted by atomic mass is 19.1. The lowest BCUT2D eigenvalue weighted by Gasteiger charge is -2.06. The highest BCUT2D eigenvalue weighted by molar-refractivity contribution is 6.08. The molecule has 3 aromatic carbocycles. The van der Waals surface area contributed by atoms with Crippen molar-refractivity contribution in [3.63, 3.8) is 0 Å². The fraction of sp³-hybridized carbons (Fsp3) is 0.136. The fourth-order valence-electron chi connectivity index (χ4n) is 3.37. The molecule has 0 radical (unpaired) electrons. The normalized spacial score (nSPS) is 11.2. The first-order valence-electron chi connectivity index (χ1n) is 8.59. The van der Waals surface area contributed by atoms with Crippen LogP contribution in [0, 0.1) is 5.82 Å². The van der Waals surface area contributed by atoms with Crippen LogP contribution < -0.4 is 5.32 Å². The molecule has 1 amide bonds. The summed E-state index contributed by atoms with van der Waals surface area (Å²) in [4.78, 5) is 12.3. The molecule has 130 valence electrons. The molecule has 4 heteroatoms. The first-order chi connectivity index (χ1) is 12.6. The second-order valence-electron chi connectivity index (χ2n) is 6.51. The summed E-state index contributed by atoms with van der Waals surface area (Å²) >= 11 is 0.